The van der Waals surface area contributed by atoms with Gasteiger partial charge in [0.25, 0.3) is 5.91 Å². The molecule has 3 aliphatic heterocycles. The van der Waals surface area contributed by atoms with Crippen molar-refractivity contribution in [3.8, 4) is 17.0 Å². The van der Waals surface area contributed by atoms with Crippen LogP contribution in [0.2, 0.25) is 0 Å². The number of nitrogens with one attached hydrogen (secondary N) is 2. The lowest BCUT2D eigenvalue weighted by Crippen LogP contribution is -2.57. The molecule has 3 saturated heterocycles. The molecule has 4 heterocycles. The van der Waals surface area contributed by atoms with E-state index in [1.807, 2.05) is 36.4 Å². The summed E-state index contributed by atoms with van der Waals surface area (Å²) < 4.78 is 11.9. The van der Waals surface area contributed by atoms with Gasteiger partial charge in [-0.1, -0.05) is 30.3 Å². The number of H-pyrrole nitrogens is 1. The van der Waals surface area contributed by atoms with Crippen LogP contribution in [0.1, 0.15) is 60.5 Å². The first-order valence-corrected chi connectivity index (χ1v) is 15.2. The second-order valence-electron chi connectivity index (χ2n) is 12.3. The summed E-state index contributed by atoms with van der Waals surface area (Å²) in [6, 6.07) is 26.3. The Morgan fingerprint density at radius 3 is 2.37 bits per heavy atom. The molecular formula is C34H36N4O3. The summed E-state index contributed by atoms with van der Waals surface area (Å²) in [5.74, 6) is 1.37. The van der Waals surface area contributed by atoms with E-state index in [4.69, 9.17) is 9.47 Å². The van der Waals surface area contributed by atoms with E-state index in [2.05, 4.69) is 56.8 Å². The third-order valence-electron chi connectivity index (χ3n) is 9.58. The van der Waals surface area contributed by atoms with Gasteiger partial charge in [0.15, 0.2) is 0 Å². The van der Waals surface area contributed by atoms with Gasteiger partial charge in [0, 0.05) is 28.6 Å². The third-order valence-corrected chi connectivity index (χ3v) is 9.58. The number of carbonyl (C=O) groups excluding carboxylic acids is 1. The highest BCUT2D eigenvalue weighted by atomic mass is 16.5. The van der Waals surface area contributed by atoms with Gasteiger partial charge in [-0.05, 0) is 92.5 Å². The predicted molar refractivity (Wildman–Crippen MR) is 158 cm³/mol. The molecule has 1 amide bonds. The van der Waals surface area contributed by atoms with Crippen LogP contribution >= 0.6 is 0 Å². The third kappa shape index (κ3) is 4.81. The first-order valence-electron chi connectivity index (χ1n) is 15.2. The number of benzene rings is 3. The van der Waals surface area contributed by atoms with Crippen molar-refractivity contribution in [2.45, 2.75) is 68.8 Å². The lowest BCUT2D eigenvalue weighted by molar-refractivity contribution is -0.102. The monoisotopic (exact) mass is 548 g/mol. The molecule has 2 bridgehead atoms. The Labute approximate surface area is 240 Å². The van der Waals surface area contributed by atoms with E-state index in [-0.39, 0.29) is 18.1 Å². The van der Waals surface area contributed by atoms with Crippen molar-refractivity contribution in [2.24, 2.45) is 5.92 Å². The smallest absolute Gasteiger partial charge is 0.251 e. The van der Waals surface area contributed by atoms with E-state index in [1.165, 1.54) is 18.4 Å². The lowest BCUT2D eigenvalue weighted by atomic mass is 9.96. The first-order chi connectivity index (χ1) is 20.2. The number of nitrogens with zero attached hydrogens (tertiary/aromatic N) is 2. The van der Waals surface area contributed by atoms with Gasteiger partial charge in [0.2, 0.25) is 0 Å². The van der Waals surface area contributed by atoms with E-state index in [1.54, 1.807) is 0 Å². The van der Waals surface area contributed by atoms with Crippen LogP contribution in [0.3, 0.4) is 0 Å². The number of amides is 1. The van der Waals surface area contributed by atoms with E-state index in [0.29, 0.717) is 29.6 Å². The molecule has 0 radical (unpaired) electrons. The number of fused-ring (bicyclic) bond motifs is 3. The van der Waals surface area contributed by atoms with E-state index in [9.17, 15) is 4.79 Å². The minimum absolute atomic E-state index is 0.0467. The van der Waals surface area contributed by atoms with Gasteiger partial charge in [-0.3, -0.25) is 14.8 Å². The Morgan fingerprint density at radius 1 is 0.927 bits per heavy atom. The van der Waals surface area contributed by atoms with Gasteiger partial charge >= 0.3 is 0 Å². The SMILES string of the molecule is O=C(NC(c1ccccc1)C1CC1)c1ccc2[nH]nc(-c3ccc(O[C@H]4C[C@H]5CC[C@@H](C4)N5C4COC4)cc3)c2c1. The summed E-state index contributed by atoms with van der Waals surface area (Å²) in [6.07, 6.45) is 7.31. The van der Waals surface area contributed by atoms with Crippen LogP contribution < -0.4 is 10.1 Å². The van der Waals surface area contributed by atoms with Crippen LogP contribution in [0, 0.1) is 5.92 Å². The lowest BCUT2D eigenvalue weighted by Gasteiger charge is -2.46. The highest BCUT2D eigenvalue weighted by molar-refractivity contribution is 6.01. The van der Waals surface area contributed by atoms with Crippen LogP contribution in [0.15, 0.2) is 72.8 Å². The van der Waals surface area contributed by atoms with Crippen LogP contribution in [0.4, 0.5) is 0 Å². The molecule has 4 atom stereocenters. The Hall–Kier alpha value is -3.68. The normalized spacial score (nSPS) is 25.1. The van der Waals surface area contributed by atoms with Crippen LogP contribution in [-0.2, 0) is 4.74 Å². The van der Waals surface area contributed by atoms with Gasteiger partial charge in [-0.2, -0.15) is 5.10 Å². The largest absolute Gasteiger partial charge is 0.490 e. The van der Waals surface area contributed by atoms with Gasteiger partial charge in [0.1, 0.15) is 11.9 Å². The molecule has 7 nitrogen and oxygen atoms in total. The number of aromatic amines is 1. The standard InChI is InChI=1S/C34H36N4O3/c39-34(35-32(22-6-7-22)21-4-2-1-3-5-21)24-10-15-31-30(16-24)33(37-36-31)23-8-13-28(14-9-23)41-29-17-25-11-12-26(18-29)38(25)27-19-40-20-27/h1-5,8-10,13-16,22,25-27,29,32H,6-7,11-12,17-20H2,(H,35,39)(H,36,37)/t25-,26+,29+,32?. The number of rotatable bonds is 8. The molecule has 7 heteroatoms. The summed E-state index contributed by atoms with van der Waals surface area (Å²) in [7, 11) is 0. The molecule has 4 fully saturated rings. The fraction of sp³-hybridized carbons (Fsp3) is 0.412. The molecule has 8 rings (SSSR count). The van der Waals surface area contributed by atoms with Crippen molar-refractivity contribution in [1.82, 2.24) is 20.4 Å². The molecule has 1 unspecified atom stereocenters. The van der Waals surface area contributed by atoms with Crippen molar-refractivity contribution in [3.63, 3.8) is 0 Å². The predicted octanol–water partition coefficient (Wildman–Crippen LogP) is 5.88. The minimum Gasteiger partial charge on any atom is -0.490 e. The highest BCUT2D eigenvalue weighted by Gasteiger charge is 2.46. The van der Waals surface area contributed by atoms with Gasteiger partial charge < -0.3 is 14.8 Å². The quantitative estimate of drug-likeness (QED) is 0.287. The zero-order chi connectivity index (χ0) is 27.3. The molecule has 0 spiro atoms. The average molecular weight is 549 g/mol. The van der Waals surface area contributed by atoms with E-state index >= 15 is 0 Å². The number of piperidine rings is 1. The summed E-state index contributed by atoms with van der Waals surface area (Å²) >= 11 is 0. The fourth-order valence-corrected chi connectivity index (χ4v) is 7.30. The number of carbonyl (C=O) groups is 1. The molecule has 1 aliphatic carbocycles. The Kier molecular flexibility index (Phi) is 6.30. The topological polar surface area (TPSA) is 79.5 Å². The van der Waals surface area contributed by atoms with Gasteiger partial charge in [-0.15, -0.1) is 0 Å². The van der Waals surface area contributed by atoms with E-state index in [0.717, 1.165) is 66.8 Å². The van der Waals surface area contributed by atoms with Crippen LogP contribution in [-0.4, -0.2) is 58.4 Å². The Morgan fingerprint density at radius 2 is 1.68 bits per heavy atom. The van der Waals surface area contributed by atoms with Crippen molar-refractivity contribution in [2.75, 3.05) is 13.2 Å². The molecule has 3 aromatic carbocycles. The zero-order valence-electron chi connectivity index (χ0n) is 23.2. The highest BCUT2D eigenvalue weighted by Crippen LogP contribution is 2.42. The number of ether oxygens (including phenoxy) is 2. The summed E-state index contributed by atoms with van der Waals surface area (Å²) in [6.45, 7) is 1.78. The fourth-order valence-electron chi connectivity index (χ4n) is 7.30. The van der Waals surface area contributed by atoms with E-state index < -0.39 is 0 Å². The van der Waals surface area contributed by atoms with Crippen molar-refractivity contribution in [1.29, 1.82) is 0 Å². The molecule has 4 aromatic rings. The van der Waals surface area contributed by atoms with Crippen LogP contribution in [0.5, 0.6) is 5.75 Å². The Bertz CT molecular complexity index is 1530. The van der Waals surface area contributed by atoms with Crippen molar-refractivity contribution >= 4 is 16.8 Å². The minimum atomic E-state index is -0.0478. The number of aromatic nitrogens is 2. The maximum absolute atomic E-state index is 13.4. The molecule has 1 aromatic heterocycles. The molecule has 41 heavy (non-hydrogen) atoms. The van der Waals surface area contributed by atoms with Crippen LogP contribution in [0.25, 0.3) is 22.2 Å². The Balaban J connectivity index is 0.970. The molecule has 210 valence electrons. The molecule has 4 aliphatic rings. The van der Waals surface area contributed by atoms with Gasteiger partial charge in [-0.25, -0.2) is 0 Å². The summed E-state index contributed by atoms with van der Waals surface area (Å²) in [5, 5.41) is 12.0. The summed E-state index contributed by atoms with van der Waals surface area (Å²) in [4.78, 5) is 16.1. The van der Waals surface area contributed by atoms with Gasteiger partial charge in [0.05, 0.1) is 36.5 Å². The maximum atomic E-state index is 13.4. The number of hydrogen-bond acceptors (Lipinski definition) is 5. The molecular weight excluding hydrogens is 512 g/mol. The van der Waals surface area contributed by atoms with Crippen molar-refractivity contribution < 1.29 is 14.3 Å². The maximum Gasteiger partial charge on any atom is 0.251 e. The van der Waals surface area contributed by atoms with Crippen molar-refractivity contribution in [3.05, 3.63) is 83.9 Å². The second-order valence-corrected chi connectivity index (χ2v) is 12.3. The molecule has 2 N–H and O–H groups in total. The average Bonchev–Trinajstić information content (AvgIpc) is 3.68. The summed E-state index contributed by atoms with van der Waals surface area (Å²) in [5.41, 5.74) is 4.58. The first kappa shape index (κ1) is 25.1. The zero-order valence-corrected chi connectivity index (χ0v) is 23.2. The molecule has 1 saturated carbocycles. The number of hydrogen-bond donors (Lipinski definition) is 2. The second kappa shape index (κ2) is 10.3.